The molecule has 1 amide bonds. The van der Waals surface area contributed by atoms with E-state index in [1.54, 1.807) is 29.2 Å². The quantitative estimate of drug-likeness (QED) is 0.477. The van der Waals surface area contributed by atoms with Crippen LogP contribution in [-0.4, -0.2) is 11.7 Å². The van der Waals surface area contributed by atoms with Gasteiger partial charge in [0.05, 0.1) is 5.69 Å². The Kier molecular flexibility index (Phi) is 5.65. The van der Waals surface area contributed by atoms with Gasteiger partial charge in [-0.05, 0) is 29.7 Å². The number of thiophene rings is 1. The monoisotopic (exact) mass is 301 g/mol. The largest absolute Gasteiger partial charge is 0.321 e. The number of rotatable bonds is 6. The first-order chi connectivity index (χ1) is 9.79. The van der Waals surface area contributed by atoms with Crippen LogP contribution in [0.15, 0.2) is 65.4 Å². The van der Waals surface area contributed by atoms with Gasteiger partial charge in [0.25, 0.3) is 0 Å². The molecule has 1 aromatic carbocycles. The van der Waals surface area contributed by atoms with Crippen molar-refractivity contribution in [1.29, 1.82) is 0 Å². The van der Waals surface area contributed by atoms with Crippen molar-refractivity contribution in [2.45, 2.75) is 4.90 Å². The summed E-state index contributed by atoms with van der Waals surface area (Å²) in [5.41, 5.74) is 0.833. The molecule has 1 heterocycles. The first-order valence-electron chi connectivity index (χ1n) is 6.15. The smallest absolute Gasteiger partial charge is 0.248 e. The van der Waals surface area contributed by atoms with Gasteiger partial charge in [-0.1, -0.05) is 24.3 Å². The lowest BCUT2D eigenvalue weighted by Crippen LogP contribution is -2.08. The number of hydrogen-bond donors (Lipinski definition) is 1. The van der Waals surface area contributed by atoms with Gasteiger partial charge in [-0.15, -0.1) is 29.7 Å². The Balaban J connectivity index is 2.02. The van der Waals surface area contributed by atoms with Crippen molar-refractivity contribution in [3.63, 3.8) is 0 Å². The van der Waals surface area contributed by atoms with E-state index in [0.717, 1.165) is 21.2 Å². The van der Waals surface area contributed by atoms with Gasteiger partial charge in [-0.25, -0.2) is 0 Å². The van der Waals surface area contributed by atoms with Crippen LogP contribution in [-0.2, 0) is 4.79 Å². The SMILES string of the molecule is C=CCSc1ccccc1NC(=O)/C=C/c1cccs1. The molecular formula is C16H15NOS2. The zero-order valence-electron chi connectivity index (χ0n) is 10.9. The number of anilines is 1. The Hall–Kier alpha value is -1.78. The molecule has 0 radical (unpaired) electrons. The molecule has 2 aromatic rings. The molecule has 0 saturated carbocycles. The Bertz CT molecular complexity index is 603. The first-order valence-corrected chi connectivity index (χ1v) is 8.01. The maximum Gasteiger partial charge on any atom is 0.248 e. The molecule has 2 nitrogen and oxygen atoms in total. The van der Waals surface area contributed by atoms with Crippen molar-refractivity contribution in [2.75, 3.05) is 11.1 Å². The van der Waals surface area contributed by atoms with Crippen molar-refractivity contribution >= 4 is 40.8 Å². The maximum absolute atomic E-state index is 11.9. The summed E-state index contributed by atoms with van der Waals surface area (Å²) in [4.78, 5) is 14.0. The van der Waals surface area contributed by atoms with Crippen LogP contribution in [0.5, 0.6) is 0 Å². The summed E-state index contributed by atoms with van der Waals surface area (Å²) >= 11 is 3.25. The standard InChI is InChI=1S/C16H15NOS2/c1-2-11-20-15-8-4-3-7-14(15)17-16(18)10-9-13-6-5-12-19-13/h2-10,12H,1,11H2,(H,17,18)/b10-9+. The van der Waals surface area contributed by atoms with Crippen molar-refractivity contribution in [1.82, 2.24) is 0 Å². The third kappa shape index (κ3) is 4.40. The van der Waals surface area contributed by atoms with Crippen LogP contribution in [0.1, 0.15) is 4.88 Å². The van der Waals surface area contributed by atoms with Crippen LogP contribution < -0.4 is 5.32 Å². The maximum atomic E-state index is 11.9. The highest BCUT2D eigenvalue weighted by atomic mass is 32.2. The highest BCUT2D eigenvalue weighted by Crippen LogP contribution is 2.26. The lowest BCUT2D eigenvalue weighted by atomic mass is 10.3. The average Bonchev–Trinajstić information content (AvgIpc) is 2.97. The van der Waals surface area contributed by atoms with Gasteiger partial charge < -0.3 is 5.32 Å². The number of para-hydroxylation sites is 1. The summed E-state index contributed by atoms with van der Waals surface area (Å²) in [5.74, 6) is 0.697. The molecule has 102 valence electrons. The second-order valence-corrected chi connectivity index (χ2v) is 5.97. The molecular weight excluding hydrogens is 286 g/mol. The van der Waals surface area contributed by atoms with E-state index in [-0.39, 0.29) is 5.91 Å². The Morgan fingerprint density at radius 1 is 1.30 bits per heavy atom. The molecule has 0 fully saturated rings. The van der Waals surface area contributed by atoms with Gasteiger partial charge >= 0.3 is 0 Å². The molecule has 4 heteroatoms. The summed E-state index contributed by atoms with van der Waals surface area (Å²) < 4.78 is 0. The Labute approximate surface area is 127 Å². The number of carbonyl (C=O) groups is 1. The third-order valence-electron chi connectivity index (χ3n) is 2.44. The van der Waals surface area contributed by atoms with E-state index in [1.807, 2.05) is 53.9 Å². The van der Waals surface area contributed by atoms with E-state index in [2.05, 4.69) is 11.9 Å². The number of nitrogens with one attached hydrogen (secondary N) is 1. The topological polar surface area (TPSA) is 29.1 Å². The van der Waals surface area contributed by atoms with Crippen LogP contribution in [0.3, 0.4) is 0 Å². The Morgan fingerprint density at radius 3 is 2.90 bits per heavy atom. The number of carbonyl (C=O) groups excluding carboxylic acids is 1. The molecule has 0 aliphatic heterocycles. The summed E-state index contributed by atoms with van der Waals surface area (Å²) in [6, 6.07) is 11.7. The summed E-state index contributed by atoms with van der Waals surface area (Å²) in [6.07, 6.45) is 5.22. The number of amides is 1. The van der Waals surface area contributed by atoms with Crippen LogP contribution in [0, 0.1) is 0 Å². The van der Waals surface area contributed by atoms with Gasteiger partial charge in [0.1, 0.15) is 0 Å². The van der Waals surface area contributed by atoms with Crippen LogP contribution in [0.25, 0.3) is 6.08 Å². The van der Waals surface area contributed by atoms with Crippen molar-refractivity contribution in [3.8, 4) is 0 Å². The fourth-order valence-electron chi connectivity index (χ4n) is 1.56. The fourth-order valence-corrected chi connectivity index (χ4v) is 2.93. The predicted octanol–water partition coefficient (Wildman–Crippen LogP) is 4.68. The van der Waals surface area contributed by atoms with Crippen LogP contribution >= 0.6 is 23.1 Å². The molecule has 0 aliphatic rings. The Morgan fingerprint density at radius 2 is 2.15 bits per heavy atom. The minimum Gasteiger partial charge on any atom is -0.321 e. The number of thioether (sulfide) groups is 1. The molecule has 1 aromatic heterocycles. The van der Waals surface area contributed by atoms with Crippen LogP contribution in [0.4, 0.5) is 5.69 Å². The lowest BCUT2D eigenvalue weighted by Gasteiger charge is -2.08. The zero-order chi connectivity index (χ0) is 14.2. The van der Waals surface area contributed by atoms with Gasteiger partial charge in [-0.2, -0.15) is 0 Å². The van der Waals surface area contributed by atoms with Gasteiger partial charge in [0.15, 0.2) is 0 Å². The first kappa shape index (κ1) is 14.6. The fraction of sp³-hybridized carbons (Fsp3) is 0.0625. The molecule has 0 bridgehead atoms. The normalized spacial score (nSPS) is 10.6. The van der Waals surface area contributed by atoms with E-state index >= 15 is 0 Å². The summed E-state index contributed by atoms with van der Waals surface area (Å²) in [5, 5.41) is 4.89. The van der Waals surface area contributed by atoms with Gasteiger partial charge in [0.2, 0.25) is 5.91 Å². The van der Waals surface area contributed by atoms with E-state index < -0.39 is 0 Å². The van der Waals surface area contributed by atoms with E-state index in [1.165, 1.54) is 0 Å². The van der Waals surface area contributed by atoms with E-state index in [9.17, 15) is 4.79 Å². The molecule has 0 saturated heterocycles. The highest BCUT2D eigenvalue weighted by Gasteiger charge is 2.04. The molecule has 0 atom stereocenters. The van der Waals surface area contributed by atoms with Gasteiger partial charge in [0, 0.05) is 21.6 Å². The minimum atomic E-state index is -0.120. The molecule has 0 spiro atoms. The zero-order valence-corrected chi connectivity index (χ0v) is 12.5. The van der Waals surface area contributed by atoms with Crippen molar-refractivity contribution in [2.24, 2.45) is 0 Å². The minimum absolute atomic E-state index is 0.120. The molecule has 1 N–H and O–H groups in total. The third-order valence-corrected chi connectivity index (χ3v) is 4.35. The van der Waals surface area contributed by atoms with E-state index in [4.69, 9.17) is 0 Å². The second kappa shape index (κ2) is 7.72. The van der Waals surface area contributed by atoms with Crippen molar-refractivity contribution in [3.05, 3.63) is 65.4 Å². The van der Waals surface area contributed by atoms with Gasteiger partial charge in [-0.3, -0.25) is 4.79 Å². The van der Waals surface area contributed by atoms with Crippen molar-refractivity contribution < 1.29 is 4.79 Å². The lowest BCUT2D eigenvalue weighted by molar-refractivity contribution is -0.111. The summed E-state index contributed by atoms with van der Waals surface area (Å²) in [6.45, 7) is 3.71. The predicted molar refractivity (Wildman–Crippen MR) is 89.3 cm³/mol. The molecule has 0 aliphatic carbocycles. The summed E-state index contributed by atoms with van der Waals surface area (Å²) in [7, 11) is 0. The highest BCUT2D eigenvalue weighted by molar-refractivity contribution is 7.99. The number of benzene rings is 1. The van der Waals surface area contributed by atoms with E-state index in [0.29, 0.717) is 0 Å². The average molecular weight is 301 g/mol. The molecule has 2 rings (SSSR count). The second-order valence-electron chi connectivity index (χ2n) is 3.93. The van der Waals surface area contributed by atoms with Crippen LogP contribution in [0.2, 0.25) is 0 Å². The number of hydrogen-bond acceptors (Lipinski definition) is 3. The molecule has 20 heavy (non-hydrogen) atoms. The molecule has 0 unspecified atom stereocenters.